The van der Waals surface area contributed by atoms with Crippen LogP contribution >= 0.6 is 11.8 Å². The fourth-order valence-electron chi connectivity index (χ4n) is 2.20. The summed E-state index contributed by atoms with van der Waals surface area (Å²) in [5.41, 5.74) is 0.847. The number of thioether (sulfide) groups is 1. The van der Waals surface area contributed by atoms with Crippen LogP contribution in [0.5, 0.6) is 0 Å². The van der Waals surface area contributed by atoms with E-state index in [-0.39, 0.29) is 22.3 Å². The standard InChI is InChI=1S/C14H18FNO2S/c1-10-13(17)16(7-4-8-18-2)14(19-10)11-5-3-6-12(15)9-11/h3,5-6,9-10,14H,4,7-8H2,1-2H3/t10-,14+/m0/s1. The van der Waals surface area contributed by atoms with Gasteiger partial charge in [0.05, 0.1) is 5.25 Å². The van der Waals surface area contributed by atoms with Gasteiger partial charge in [0.1, 0.15) is 11.2 Å². The molecule has 1 fully saturated rings. The third-order valence-corrected chi connectivity index (χ3v) is 4.52. The topological polar surface area (TPSA) is 29.5 Å². The Labute approximate surface area is 117 Å². The lowest BCUT2D eigenvalue weighted by Crippen LogP contribution is -2.31. The van der Waals surface area contributed by atoms with Gasteiger partial charge in [-0.25, -0.2) is 4.39 Å². The fourth-order valence-corrected chi connectivity index (χ4v) is 3.50. The number of halogens is 1. The monoisotopic (exact) mass is 283 g/mol. The van der Waals surface area contributed by atoms with Crippen LogP contribution in [0.3, 0.4) is 0 Å². The number of ether oxygens (including phenoxy) is 1. The minimum atomic E-state index is -0.262. The molecule has 0 spiro atoms. The van der Waals surface area contributed by atoms with Crippen LogP contribution in [0.25, 0.3) is 0 Å². The van der Waals surface area contributed by atoms with Crippen molar-refractivity contribution in [2.24, 2.45) is 0 Å². The molecule has 104 valence electrons. The quantitative estimate of drug-likeness (QED) is 0.778. The highest BCUT2D eigenvalue weighted by molar-refractivity contribution is 8.01. The van der Waals surface area contributed by atoms with Gasteiger partial charge < -0.3 is 9.64 Å². The summed E-state index contributed by atoms with van der Waals surface area (Å²) in [5, 5.41) is -0.161. The van der Waals surface area contributed by atoms with Gasteiger partial charge in [-0.05, 0) is 31.0 Å². The summed E-state index contributed by atoms with van der Waals surface area (Å²) in [6.07, 6.45) is 0.793. The molecule has 1 aromatic rings. The average Bonchev–Trinajstić information content (AvgIpc) is 2.67. The minimum Gasteiger partial charge on any atom is -0.385 e. The van der Waals surface area contributed by atoms with Crippen molar-refractivity contribution in [3.63, 3.8) is 0 Å². The SMILES string of the molecule is COCCCN1C(=O)[C@H](C)S[C@@H]1c1cccc(F)c1. The van der Waals surface area contributed by atoms with Gasteiger partial charge >= 0.3 is 0 Å². The Morgan fingerprint density at radius 1 is 1.47 bits per heavy atom. The number of rotatable bonds is 5. The smallest absolute Gasteiger partial charge is 0.236 e. The molecule has 0 aromatic heterocycles. The van der Waals surface area contributed by atoms with Gasteiger partial charge in [-0.3, -0.25) is 4.79 Å². The average molecular weight is 283 g/mol. The van der Waals surface area contributed by atoms with Gasteiger partial charge in [0.2, 0.25) is 5.91 Å². The number of hydrogen-bond donors (Lipinski definition) is 0. The van der Waals surface area contributed by atoms with Crippen molar-refractivity contribution in [2.45, 2.75) is 24.0 Å². The Morgan fingerprint density at radius 3 is 2.95 bits per heavy atom. The highest BCUT2D eigenvalue weighted by Gasteiger charge is 2.37. The van der Waals surface area contributed by atoms with Crippen LogP contribution in [0.2, 0.25) is 0 Å². The predicted octanol–water partition coefficient (Wildman–Crippen LogP) is 2.82. The lowest BCUT2D eigenvalue weighted by molar-refractivity contribution is -0.130. The molecule has 1 saturated heterocycles. The molecule has 1 heterocycles. The van der Waals surface area contributed by atoms with E-state index < -0.39 is 0 Å². The number of hydrogen-bond acceptors (Lipinski definition) is 3. The van der Waals surface area contributed by atoms with E-state index in [0.717, 1.165) is 12.0 Å². The maximum Gasteiger partial charge on any atom is 0.236 e. The van der Waals surface area contributed by atoms with Crippen LogP contribution in [0.15, 0.2) is 24.3 Å². The second-order valence-corrected chi connectivity index (χ2v) is 5.99. The number of methoxy groups -OCH3 is 1. The van der Waals surface area contributed by atoms with E-state index >= 15 is 0 Å². The molecule has 0 N–H and O–H groups in total. The van der Waals surface area contributed by atoms with Gasteiger partial charge in [0, 0.05) is 20.3 Å². The summed E-state index contributed by atoms with van der Waals surface area (Å²) < 4.78 is 18.3. The second-order valence-electron chi connectivity index (χ2n) is 4.56. The Balaban J connectivity index is 2.15. The zero-order chi connectivity index (χ0) is 13.8. The number of benzene rings is 1. The molecule has 5 heteroatoms. The first-order valence-corrected chi connectivity index (χ1v) is 7.28. The molecule has 1 aliphatic heterocycles. The number of carbonyl (C=O) groups is 1. The van der Waals surface area contributed by atoms with Crippen LogP contribution in [-0.4, -0.2) is 36.3 Å². The first-order chi connectivity index (χ1) is 9.13. The number of amides is 1. The molecule has 0 saturated carbocycles. The van der Waals surface area contributed by atoms with Crippen molar-refractivity contribution in [1.29, 1.82) is 0 Å². The third kappa shape index (κ3) is 3.28. The van der Waals surface area contributed by atoms with Crippen molar-refractivity contribution in [3.05, 3.63) is 35.6 Å². The molecule has 19 heavy (non-hydrogen) atoms. The molecule has 0 bridgehead atoms. The van der Waals surface area contributed by atoms with E-state index in [2.05, 4.69) is 0 Å². The molecule has 1 amide bonds. The third-order valence-electron chi connectivity index (χ3n) is 3.13. The molecule has 0 radical (unpaired) electrons. The van der Waals surface area contributed by atoms with Crippen LogP contribution in [0, 0.1) is 5.82 Å². The molecule has 1 aliphatic rings. The molecular formula is C14H18FNO2S. The van der Waals surface area contributed by atoms with Gasteiger partial charge in [0.25, 0.3) is 0 Å². The highest BCUT2D eigenvalue weighted by Crippen LogP contribution is 2.42. The summed E-state index contributed by atoms with van der Waals surface area (Å²) >= 11 is 1.57. The van der Waals surface area contributed by atoms with E-state index in [1.165, 1.54) is 12.1 Å². The lowest BCUT2D eigenvalue weighted by atomic mass is 10.2. The van der Waals surface area contributed by atoms with E-state index in [4.69, 9.17) is 4.74 Å². The maximum atomic E-state index is 13.3. The Morgan fingerprint density at radius 2 is 2.26 bits per heavy atom. The fraction of sp³-hybridized carbons (Fsp3) is 0.500. The van der Waals surface area contributed by atoms with Crippen molar-refractivity contribution in [1.82, 2.24) is 4.90 Å². The van der Waals surface area contributed by atoms with Gasteiger partial charge in [-0.1, -0.05) is 12.1 Å². The van der Waals surface area contributed by atoms with Gasteiger partial charge in [-0.2, -0.15) is 0 Å². The normalized spacial score (nSPS) is 23.1. The molecule has 0 unspecified atom stereocenters. The Kier molecular flexibility index (Phi) is 4.82. The van der Waals surface area contributed by atoms with E-state index in [9.17, 15) is 9.18 Å². The Bertz CT molecular complexity index is 455. The predicted molar refractivity (Wildman–Crippen MR) is 74.4 cm³/mol. The molecular weight excluding hydrogens is 265 g/mol. The molecule has 2 rings (SSSR count). The Hall–Kier alpha value is -1.07. The maximum absolute atomic E-state index is 13.3. The lowest BCUT2D eigenvalue weighted by Gasteiger charge is -2.24. The summed E-state index contributed by atoms with van der Waals surface area (Å²) in [5.74, 6) is -0.141. The first-order valence-electron chi connectivity index (χ1n) is 6.34. The van der Waals surface area contributed by atoms with E-state index in [1.54, 1.807) is 24.9 Å². The van der Waals surface area contributed by atoms with E-state index in [1.807, 2.05) is 17.9 Å². The number of nitrogens with zero attached hydrogens (tertiary/aromatic N) is 1. The van der Waals surface area contributed by atoms with Crippen molar-refractivity contribution >= 4 is 17.7 Å². The van der Waals surface area contributed by atoms with Gasteiger partial charge in [0.15, 0.2) is 0 Å². The largest absolute Gasteiger partial charge is 0.385 e. The number of carbonyl (C=O) groups excluding carboxylic acids is 1. The van der Waals surface area contributed by atoms with Crippen LogP contribution < -0.4 is 0 Å². The molecule has 1 aromatic carbocycles. The molecule has 0 aliphatic carbocycles. The highest BCUT2D eigenvalue weighted by atomic mass is 32.2. The van der Waals surface area contributed by atoms with Crippen LogP contribution in [-0.2, 0) is 9.53 Å². The zero-order valence-electron chi connectivity index (χ0n) is 11.1. The zero-order valence-corrected chi connectivity index (χ0v) is 12.0. The van der Waals surface area contributed by atoms with Crippen molar-refractivity contribution in [2.75, 3.05) is 20.3 Å². The van der Waals surface area contributed by atoms with Crippen LogP contribution in [0.1, 0.15) is 24.3 Å². The van der Waals surface area contributed by atoms with Crippen LogP contribution in [0.4, 0.5) is 4.39 Å². The summed E-state index contributed by atoms with van der Waals surface area (Å²) in [6, 6.07) is 6.48. The second kappa shape index (κ2) is 6.39. The van der Waals surface area contributed by atoms with Crippen molar-refractivity contribution in [3.8, 4) is 0 Å². The molecule has 3 nitrogen and oxygen atoms in total. The van der Waals surface area contributed by atoms with E-state index in [0.29, 0.717) is 13.2 Å². The minimum absolute atomic E-state index is 0.0733. The van der Waals surface area contributed by atoms with Gasteiger partial charge in [-0.15, -0.1) is 11.8 Å². The summed E-state index contributed by atoms with van der Waals surface area (Å²) in [6.45, 7) is 3.17. The van der Waals surface area contributed by atoms with Crippen molar-refractivity contribution < 1.29 is 13.9 Å². The first kappa shape index (κ1) is 14.3. The summed E-state index contributed by atoms with van der Waals surface area (Å²) in [4.78, 5) is 14.0. The molecule has 2 atom stereocenters. The summed E-state index contributed by atoms with van der Waals surface area (Å²) in [7, 11) is 1.65.